The van der Waals surface area contributed by atoms with Crippen LogP contribution in [-0.2, 0) is 26.1 Å². The van der Waals surface area contributed by atoms with Crippen LogP contribution in [0.3, 0.4) is 0 Å². The molecule has 0 N–H and O–H groups in total. The molecule has 0 spiro atoms. The number of sulfonamides is 1. The summed E-state index contributed by atoms with van der Waals surface area (Å²) >= 11 is 1.20. The number of rotatable bonds is 6. The van der Waals surface area contributed by atoms with Gasteiger partial charge >= 0.3 is 0 Å². The molecule has 1 fully saturated rings. The molecular formula is C22H23F2N3O4S2. The summed E-state index contributed by atoms with van der Waals surface area (Å²) in [5.74, 6) is -1.93. The van der Waals surface area contributed by atoms with Crippen molar-refractivity contribution in [3.8, 4) is 0 Å². The first-order valence-electron chi connectivity index (χ1n) is 10.4. The second-order valence-corrected chi connectivity index (χ2v) is 10.7. The van der Waals surface area contributed by atoms with Crippen LogP contribution in [0.5, 0.6) is 0 Å². The molecule has 1 aliphatic heterocycles. The fourth-order valence-electron chi connectivity index (χ4n) is 3.83. The maximum absolute atomic E-state index is 13.7. The molecule has 11 heteroatoms. The standard InChI is InChI=1S/C22H23F2N3O4S2/c1-31-12-11-27-19-9-6-17(24)13-20(19)32-22(27)25-21(28)15-3-2-10-26(14-15)33(29,30)18-7-4-16(23)5-8-18/h4-9,13,15H,2-3,10-12,14H2,1H3. The maximum atomic E-state index is 13.7. The zero-order chi connectivity index (χ0) is 23.6. The van der Waals surface area contributed by atoms with E-state index in [0.717, 1.165) is 17.6 Å². The highest BCUT2D eigenvalue weighted by atomic mass is 32.2. The number of amides is 1. The number of piperidine rings is 1. The number of hydrogen-bond acceptors (Lipinski definition) is 5. The van der Waals surface area contributed by atoms with E-state index in [-0.39, 0.29) is 23.8 Å². The summed E-state index contributed by atoms with van der Waals surface area (Å²) in [5.41, 5.74) is 0.745. The van der Waals surface area contributed by atoms with E-state index in [2.05, 4.69) is 4.99 Å². The topological polar surface area (TPSA) is 81.0 Å². The molecule has 7 nitrogen and oxygen atoms in total. The monoisotopic (exact) mass is 495 g/mol. The number of nitrogens with zero attached hydrogens (tertiary/aromatic N) is 3. The van der Waals surface area contributed by atoms with Gasteiger partial charge in [0.25, 0.3) is 5.91 Å². The Kier molecular flexibility index (Phi) is 7.03. The quantitative estimate of drug-likeness (QED) is 0.526. The first-order valence-corrected chi connectivity index (χ1v) is 12.7. The van der Waals surface area contributed by atoms with E-state index < -0.39 is 27.7 Å². The molecular weight excluding hydrogens is 472 g/mol. The van der Waals surface area contributed by atoms with Crippen LogP contribution in [0.15, 0.2) is 52.4 Å². The Morgan fingerprint density at radius 3 is 2.64 bits per heavy atom. The van der Waals surface area contributed by atoms with Crippen LogP contribution >= 0.6 is 11.3 Å². The molecule has 0 radical (unpaired) electrons. The largest absolute Gasteiger partial charge is 0.383 e. The van der Waals surface area contributed by atoms with Gasteiger partial charge in [0.1, 0.15) is 11.6 Å². The summed E-state index contributed by atoms with van der Waals surface area (Å²) in [6, 6.07) is 9.01. The molecule has 1 atom stereocenters. The Balaban J connectivity index is 1.62. The fraction of sp³-hybridized carbons (Fsp3) is 0.364. The number of hydrogen-bond donors (Lipinski definition) is 0. The zero-order valence-electron chi connectivity index (χ0n) is 17.9. The molecule has 0 saturated carbocycles. The average Bonchev–Trinajstić information content (AvgIpc) is 3.13. The molecule has 0 bridgehead atoms. The lowest BCUT2D eigenvalue weighted by Gasteiger charge is -2.30. The van der Waals surface area contributed by atoms with Crippen molar-refractivity contribution in [3.05, 3.63) is 58.9 Å². The van der Waals surface area contributed by atoms with Crippen LogP contribution in [0.2, 0.25) is 0 Å². The minimum Gasteiger partial charge on any atom is -0.383 e. The van der Waals surface area contributed by atoms with Crippen LogP contribution in [0.4, 0.5) is 8.78 Å². The van der Waals surface area contributed by atoms with Crippen molar-refractivity contribution in [2.24, 2.45) is 10.9 Å². The average molecular weight is 496 g/mol. The van der Waals surface area contributed by atoms with E-state index in [4.69, 9.17) is 4.74 Å². The van der Waals surface area contributed by atoms with Crippen LogP contribution in [0.25, 0.3) is 10.2 Å². The number of thiazole rings is 1. The number of fused-ring (bicyclic) bond motifs is 1. The normalized spacial score (nSPS) is 18.2. The van der Waals surface area contributed by atoms with Crippen LogP contribution in [0, 0.1) is 17.6 Å². The van der Waals surface area contributed by atoms with Gasteiger partial charge in [-0.2, -0.15) is 9.30 Å². The molecule has 1 aromatic heterocycles. The number of aromatic nitrogens is 1. The van der Waals surface area contributed by atoms with Crippen LogP contribution in [-0.4, -0.2) is 50.0 Å². The number of carbonyl (C=O) groups excluding carboxylic acids is 1. The minimum absolute atomic E-state index is 0.000360. The van der Waals surface area contributed by atoms with Gasteiger partial charge in [0, 0.05) is 26.7 Å². The van der Waals surface area contributed by atoms with Crippen molar-refractivity contribution in [2.45, 2.75) is 24.3 Å². The Morgan fingerprint density at radius 1 is 1.18 bits per heavy atom. The third kappa shape index (κ3) is 5.06. The van der Waals surface area contributed by atoms with Gasteiger partial charge in [-0.05, 0) is 55.3 Å². The van der Waals surface area contributed by atoms with Gasteiger partial charge in [-0.3, -0.25) is 4.79 Å². The first-order chi connectivity index (χ1) is 15.8. The molecule has 1 aliphatic rings. The zero-order valence-corrected chi connectivity index (χ0v) is 19.5. The van der Waals surface area contributed by atoms with Crippen molar-refractivity contribution >= 4 is 37.5 Å². The lowest BCUT2D eigenvalue weighted by Crippen LogP contribution is -2.42. The molecule has 176 valence electrons. The Morgan fingerprint density at radius 2 is 1.91 bits per heavy atom. The van der Waals surface area contributed by atoms with Crippen molar-refractivity contribution in [3.63, 3.8) is 0 Å². The first kappa shape index (κ1) is 23.7. The number of carbonyl (C=O) groups is 1. The van der Waals surface area contributed by atoms with Crippen LogP contribution in [0.1, 0.15) is 12.8 Å². The van der Waals surface area contributed by atoms with Gasteiger partial charge in [0.2, 0.25) is 10.0 Å². The highest BCUT2D eigenvalue weighted by molar-refractivity contribution is 7.89. The van der Waals surface area contributed by atoms with Gasteiger partial charge in [-0.25, -0.2) is 17.2 Å². The van der Waals surface area contributed by atoms with E-state index in [9.17, 15) is 22.0 Å². The van der Waals surface area contributed by atoms with Crippen molar-refractivity contribution in [1.82, 2.24) is 8.87 Å². The van der Waals surface area contributed by atoms with E-state index in [1.54, 1.807) is 17.7 Å². The Labute approximate surface area is 194 Å². The third-order valence-corrected chi connectivity index (χ3v) is 8.47. The number of methoxy groups -OCH3 is 1. The number of halogens is 2. The predicted octanol–water partition coefficient (Wildman–Crippen LogP) is 3.16. The van der Waals surface area contributed by atoms with Crippen molar-refractivity contribution in [1.29, 1.82) is 0 Å². The summed E-state index contributed by atoms with van der Waals surface area (Å²) in [6.07, 6.45) is 1.02. The highest BCUT2D eigenvalue weighted by Crippen LogP contribution is 2.25. The maximum Gasteiger partial charge on any atom is 0.252 e. The minimum atomic E-state index is -3.85. The van der Waals surface area contributed by atoms with E-state index in [1.165, 1.54) is 39.9 Å². The van der Waals surface area contributed by atoms with Gasteiger partial charge in [0.05, 0.1) is 27.6 Å². The van der Waals surface area contributed by atoms with E-state index in [0.29, 0.717) is 35.5 Å². The molecule has 4 rings (SSSR count). The summed E-state index contributed by atoms with van der Waals surface area (Å²) in [4.78, 5) is 17.7. The second-order valence-electron chi connectivity index (χ2n) is 7.75. The summed E-state index contributed by atoms with van der Waals surface area (Å²) in [7, 11) is -2.29. The molecule has 3 aromatic rings. The molecule has 33 heavy (non-hydrogen) atoms. The predicted molar refractivity (Wildman–Crippen MR) is 120 cm³/mol. The SMILES string of the molecule is COCCn1c(=NC(=O)C2CCCN(S(=O)(=O)c3ccc(F)cc3)C2)sc2cc(F)ccc21. The van der Waals surface area contributed by atoms with Gasteiger partial charge in [0.15, 0.2) is 4.80 Å². The molecule has 1 amide bonds. The van der Waals surface area contributed by atoms with E-state index >= 15 is 0 Å². The summed E-state index contributed by atoms with van der Waals surface area (Å²) in [5, 5.41) is 0. The molecule has 1 saturated heterocycles. The number of benzene rings is 2. The number of ether oxygens (including phenoxy) is 1. The lowest BCUT2D eigenvalue weighted by molar-refractivity contribution is -0.122. The van der Waals surface area contributed by atoms with Gasteiger partial charge in [-0.1, -0.05) is 11.3 Å². The van der Waals surface area contributed by atoms with Crippen molar-refractivity contribution < 1.29 is 26.7 Å². The van der Waals surface area contributed by atoms with Gasteiger partial charge in [-0.15, -0.1) is 0 Å². The van der Waals surface area contributed by atoms with Crippen LogP contribution < -0.4 is 4.80 Å². The smallest absolute Gasteiger partial charge is 0.252 e. The second kappa shape index (κ2) is 9.80. The fourth-order valence-corrected chi connectivity index (χ4v) is 6.44. The molecule has 1 unspecified atom stereocenters. The third-order valence-electron chi connectivity index (χ3n) is 5.55. The molecule has 2 aromatic carbocycles. The van der Waals surface area contributed by atoms with Gasteiger partial charge < -0.3 is 9.30 Å². The summed E-state index contributed by atoms with van der Waals surface area (Å²) < 4.78 is 61.7. The Bertz CT molecular complexity index is 1330. The lowest BCUT2D eigenvalue weighted by atomic mass is 9.99. The van der Waals surface area contributed by atoms with E-state index in [1.807, 2.05) is 0 Å². The molecule has 0 aliphatic carbocycles. The van der Waals surface area contributed by atoms with Crippen molar-refractivity contribution in [2.75, 3.05) is 26.8 Å². The Hall–Kier alpha value is -2.47. The molecule has 2 heterocycles. The summed E-state index contributed by atoms with van der Waals surface area (Å²) in [6.45, 7) is 1.10. The highest BCUT2D eigenvalue weighted by Gasteiger charge is 2.33.